The first-order chi connectivity index (χ1) is 8.60. The molecule has 18 heavy (non-hydrogen) atoms. The van der Waals surface area contributed by atoms with Crippen molar-refractivity contribution in [1.29, 1.82) is 0 Å². The highest BCUT2D eigenvalue weighted by molar-refractivity contribution is 5.28. The topological polar surface area (TPSA) is 41.1 Å². The normalized spacial score (nSPS) is 14.3. The molecule has 1 aromatic rings. The molecular formula is C14H26N4. The Morgan fingerprint density at radius 2 is 2.06 bits per heavy atom. The van der Waals surface area contributed by atoms with E-state index in [-0.39, 0.29) is 0 Å². The van der Waals surface area contributed by atoms with Gasteiger partial charge in [-0.2, -0.15) is 0 Å². The quantitative estimate of drug-likeness (QED) is 0.807. The van der Waals surface area contributed by atoms with E-state index in [0.29, 0.717) is 12.0 Å². The van der Waals surface area contributed by atoms with Crippen LogP contribution in [-0.2, 0) is 0 Å². The summed E-state index contributed by atoms with van der Waals surface area (Å²) in [6.07, 6.45) is 4.12. The summed E-state index contributed by atoms with van der Waals surface area (Å²) in [5, 5.41) is 3.59. The van der Waals surface area contributed by atoms with Gasteiger partial charge in [-0.3, -0.25) is 0 Å². The van der Waals surface area contributed by atoms with Gasteiger partial charge in [-0.05, 0) is 25.5 Å². The van der Waals surface area contributed by atoms with E-state index in [1.165, 1.54) is 0 Å². The van der Waals surface area contributed by atoms with Crippen molar-refractivity contribution in [3.8, 4) is 0 Å². The van der Waals surface area contributed by atoms with Crippen LogP contribution in [0.2, 0.25) is 0 Å². The Bertz CT molecular complexity index is 351. The molecule has 4 heteroatoms. The summed E-state index contributed by atoms with van der Waals surface area (Å²) in [7, 11) is 3.94. The van der Waals surface area contributed by atoms with Crippen LogP contribution in [0.15, 0.2) is 12.3 Å². The third kappa shape index (κ3) is 3.95. The molecule has 1 rings (SSSR count). The zero-order valence-electron chi connectivity index (χ0n) is 12.3. The first-order valence-corrected chi connectivity index (χ1v) is 6.83. The van der Waals surface area contributed by atoms with Crippen molar-refractivity contribution in [3.05, 3.63) is 18.0 Å². The lowest BCUT2D eigenvalue weighted by Gasteiger charge is -2.24. The number of hydrogen-bond donors (Lipinski definition) is 1. The largest absolute Gasteiger partial charge is 0.347 e. The zero-order chi connectivity index (χ0) is 13.5. The highest BCUT2D eigenvalue weighted by atomic mass is 15.2. The predicted molar refractivity (Wildman–Crippen MR) is 77.1 cm³/mol. The SMILES string of the molecule is CCCNC(CC)C(C)c1ccnc(N(C)C)n1. The Labute approximate surface area is 111 Å². The van der Waals surface area contributed by atoms with E-state index in [2.05, 4.69) is 36.1 Å². The molecule has 2 atom stereocenters. The summed E-state index contributed by atoms with van der Waals surface area (Å²) < 4.78 is 0. The summed E-state index contributed by atoms with van der Waals surface area (Å²) in [5.41, 5.74) is 1.11. The molecule has 0 amide bonds. The molecule has 0 aromatic carbocycles. The molecule has 0 spiro atoms. The Balaban J connectivity index is 2.80. The molecule has 4 nitrogen and oxygen atoms in total. The third-order valence-corrected chi connectivity index (χ3v) is 3.23. The van der Waals surface area contributed by atoms with Gasteiger partial charge in [0.05, 0.1) is 5.69 Å². The maximum Gasteiger partial charge on any atom is 0.224 e. The maximum absolute atomic E-state index is 4.62. The van der Waals surface area contributed by atoms with Crippen LogP contribution in [0, 0.1) is 0 Å². The molecule has 2 unspecified atom stereocenters. The molecular weight excluding hydrogens is 224 g/mol. The second-order valence-corrected chi connectivity index (χ2v) is 4.93. The minimum Gasteiger partial charge on any atom is -0.347 e. The summed E-state index contributed by atoms with van der Waals surface area (Å²) in [4.78, 5) is 10.8. The van der Waals surface area contributed by atoms with Gasteiger partial charge in [0.25, 0.3) is 0 Å². The molecule has 1 aromatic heterocycles. The Kier molecular flexibility index (Phi) is 6.05. The van der Waals surface area contributed by atoms with Crippen molar-refractivity contribution in [2.24, 2.45) is 0 Å². The fourth-order valence-corrected chi connectivity index (χ4v) is 2.04. The van der Waals surface area contributed by atoms with Gasteiger partial charge in [-0.25, -0.2) is 9.97 Å². The average molecular weight is 250 g/mol. The van der Waals surface area contributed by atoms with E-state index in [9.17, 15) is 0 Å². The van der Waals surface area contributed by atoms with E-state index in [1.807, 2.05) is 31.3 Å². The number of aromatic nitrogens is 2. The van der Waals surface area contributed by atoms with E-state index in [0.717, 1.165) is 31.0 Å². The maximum atomic E-state index is 4.62. The second-order valence-electron chi connectivity index (χ2n) is 4.93. The van der Waals surface area contributed by atoms with E-state index in [4.69, 9.17) is 0 Å². The van der Waals surface area contributed by atoms with Crippen molar-refractivity contribution < 1.29 is 0 Å². The number of hydrogen-bond acceptors (Lipinski definition) is 4. The van der Waals surface area contributed by atoms with Crippen LogP contribution >= 0.6 is 0 Å². The van der Waals surface area contributed by atoms with Gasteiger partial charge in [-0.15, -0.1) is 0 Å². The molecule has 0 aliphatic carbocycles. The highest BCUT2D eigenvalue weighted by Gasteiger charge is 2.18. The number of nitrogens with one attached hydrogen (secondary N) is 1. The second kappa shape index (κ2) is 7.31. The Morgan fingerprint density at radius 1 is 1.33 bits per heavy atom. The van der Waals surface area contributed by atoms with Gasteiger partial charge in [0.15, 0.2) is 0 Å². The first kappa shape index (κ1) is 14.9. The van der Waals surface area contributed by atoms with Gasteiger partial charge in [-0.1, -0.05) is 20.8 Å². The Hall–Kier alpha value is -1.16. The molecule has 0 fully saturated rings. The fraction of sp³-hybridized carbons (Fsp3) is 0.714. The van der Waals surface area contributed by atoms with Crippen LogP contribution in [0.3, 0.4) is 0 Å². The van der Waals surface area contributed by atoms with Crippen LogP contribution in [0.5, 0.6) is 0 Å². The zero-order valence-corrected chi connectivity index (χ0v) is 12.3. The lowest BCUT2D eigenvalue weighted by atomic mass is 9.96. The van der Waals surface area contributed by atoms with Gasteiger partial charge in [0.2, 0.25) is 5.95 Å². The van der Waals surface area contributed by atoms with E-state index < -0.39 is 0 Å². The van der Waals surface area contributed by atoms with Crippen LogP contribution in [0.4, 0.5) is 5.95 Å². The molecule has 0 aliphatic heterocycles. The lowest BCUT2D eigenvalue weighted by molar-refractivity contribution is 0.432. The van der Waals surface area contributed by atoms with E-state index >= 15 is 0 Å². The van der Waals surface area contributed by atoms with Crippen molar-refractivity contribution in [3.63, 3.8) is 0 Å². The molecule has 1 heterocycles. The molecule has 0 aliphatic rings. The summed E-state index contributed by atoms with van der Waals surface area (Å²) in [6.45, 7) is 7.71. The third-order valence-electron chi connectivity index (χ3n) is 3.23. The van der Waals surface area contributed by atoms with E-state index in [1.54, 1.807) is 0 Å². The monoisotopic (exact) mass is 250 g/mol. The van der Waals surface area contributed by atoms with Crippen LogP contribution in [-0.4, -0.2) is 36.6 Å². The predicted octanol–water partition coefficient (Wildman–Crippen LogP) is 2.42. The standard InChI is InChI=1S/C14H26N4/c1-6-9-15-12(7-2)11(3)13-8-10-16-14(17-13)18(4)5/h8,10-12,15H,6-7,9H2,1-5H3. The van der Waals surface area contributed by atoms with Crippen LogP contribution in [0.1, 0.15) is 45.2 Å². The molecule has 1 N–H and O–H groups in total. The van der Waals surface area contributed by atoms with Gasteiger partial charge >= 0.3 is 0 Å². The highest BCUT2D eigenvalue weighted by Crippen LogP contribution is 2.20. The van der Waals surface area contributed by atoms with Gasteiger partial charge < -0.3 is 10.2 Å². The fourth-order valence-electron chi connectivity index (χ4n) is 2.04. The number of rotatable bonds is 7. The van der Waals surface area contributed by atoms with Gasteiger partial charge in [0.1, 0.15) is 0 Å². The average Bonchev–Trinajstić information content (AvgIpc) is 2.39. The summed E-state index contributed by atoms with van der Waals surface area (Å²) in [6, 6.07) is 2.50. The molecule has 0 bridgehead atoms. The van der Waals surface area contributed by atoms with Crippen molar-refractivity contribution in [2.75, 3.05) is 25.5 Å². The minimum atomic E-state index is 0.406. The number of nitrogens with zero attached hydrogens (tertiary/aromatic N) is 3. The summed E-state index contributed by atoms with van der Waals surface area (Å²) in [5.74, 6) is 1.19. The first-order valence-electron chi connectivity index (χ1n) is 6.83. The van der Waals surface area contributed by atoms with Crippen LogP contribution in [0.25, 0.3) is 0 Å². The molecule has 0 radical (unpaired) electrons. The van der Waals surface area contributed by atoms with Crippen molar-refractivity contribution >= 4 is 5.95 Å². The Morgan fingerprint density at radius 3 is 2.61 bits per heavy atom. The molecule has 0 saturated heterocycles. The molecule has 102 valence electrons. The van der Waals surface area contributed by atoms with Crippen LogP contribution < -0.4 is 10.2 Å². The van der Waals surface area contributed by atoms with Crippen molar-refractivity contribution in [2.45, 2.75) is 45.6 Å². The molecule has 0 saturated carbocycles. The number of anilines is 1. The minimum absolute atomic E-state index is 0.406. The summed E-state index contributed by atoms with van der Waals surface area (Å²) >= 11 is 0. The van der Waals surface area contributed by atoms with Gasteiger partial charge in [0, 0.05) is 32.3 Å². The smallest absolute Gasteiger partial charge is 0.224 e. The lowest BCUT2D eigenvalue weighted by Crippen LogP contribution is -2.34. The van der Waals surface area contributed by atoms with Crippen molar-refractivity contribution in [1.82, 2.24) is 15.3 Å².